The maximum atomic E-state index is 12.8. The average Bonchev–Trinajstić information content (AvgIpc) is 3.25. The van der Waals surface area contributed by atoms with Gasteiger partial charge in [0, 0.05) is 31.0 Å². The van der Waals surface area contributed by atoms with E-state index in [1.54, 1.807) is 12.1 Å². The van der Waals surface area contributed by atoms with Crippen LogP contribution in [0.1, 0.15) is 27.7 Å². The first-order chi connectivity index (χ1) is 14.4. The van der Waals surface area contributed by atoms with E-state index in [-0.39, 0.29) is 29.9 Å². The number of nitrogens with one attached hydrogen (secondary N) is 2. The molecule has 1 aliphatic rings. The summed E-state index contributed by atoms with van der Waals surface area (Å²) in [6, 6.07) is 8.02. The van der Waals surface area contributed by atoms with Crippen molar-refractivity contribution in [2.24, 2.45) is 0 Å². The fourth-order valence-corrected chi connectivity index (χ4v) is 2.96. The lowest BCUT2D eigenvalue weighted by Gasteiger charge is -2.24. The van der Waals surface area contributed by atoms with Crippen LogP contribution < -0.4 is 10.6 Å². The van der Waals surface area contributed by atoms with Crippen LogP contribution in [0.3, 0.4) is 0 Å². The second kappa shape index (κ2) is 9.41. The van der Waals surface area contributed by atoms with E-state index in [4.69, 9.17) is 4.74 Å². The Morgan fingerprint density at radius 3 is 2.68 bits per heavy atom. The van der Waals surface area contributed by atoms with Crippen LogP contribution in [-0.2, 0) is 10.9 Å². The third kappa shape index (κ3) is 5.37. The highest BCUT2D eigenvalue weighted by atomic mass is 35.5. The summed E-state index contributed by atoms with van der Waals surface area (Å²) >= 11 is 0. The number of amides is 1. The minimum atomic E-state index is -4.60. The largest absolute Gasteiger partial charge is 0.433 e. The lowest BCUT2D eigenvalue weighted by Crippen LogP contribution is -2.33. The molecule has 1 amide bonds. The predicted molar refractivity (Wildman–Crippen MR) is 107 cm³/mol. The number of hydrogen-bond donors (Lipinski definition) is 2. The Kier molecular flexibility index (Phi) is 6.88. The minimum Gasteiger partial charge on any atom is -0.371 e. The predicted octanol–water partition coefficient (Wildman–Crippen LogP) is 3.02. The number of halogens is 4. The Balaban J connectivity index is 0.00000272. The van der Waals surface area contributed by atoms with Gasteiger partial charge in [-0.3, -0.25) is 4.79 Å². The zero-order chi connectivity index (χ0) is 21.1. The molecule has 2 N–H and O–H groups in total. The highest BCUT2D eigenvalue weighted by Gasteiger charge is 2.33. The van der Waals surface area contributed by atoms with Gasteiger partial charge in [0.1, 0.15) is 12.0 Å². The minimum absolute atomic E-state index is 0. The first-order valence-electron chi connectivity index (χ1n) is 9.08. The quantitative estimate of drug-likeness (QED) is 0.629. The fraction of sp³-hybridized carbons (Fsp3) is 0.263. The molecule has 164 valence electrons. The lowest BCUT2D eigenvalue weighted by molar-refractivity contribution is -0.141. The molecule has 4 rings (SSSR count). The molecule has 1 fully saturated rings. The van der Waals surface area contributed by atoms with Gasteiger partial charge in [-0.1, -0.05) is 12.1 Å². The van der Waals surface area contributed by atoms with E-state index >= 15 is 0 Å². The van der Waals surface area contributed by atoms with Gasteiger partial charge >= 0.3 is 6.18 Å². The van der Waals surface area contributed by atoms with Crippen molar-refractivity contribution < 1.29 is 22.7 Å². The molecule has 0 spiro atoms. The Bertz CT molecular complexity index is 1040. The van der Waals surface area contributed by atoms with E-state index in [0.717, 1.165) is 35.7 Å². The summed E-state index contributed by atoms with van der Waals surface area (Å²) in [4.78, 5) is 19.4. The molecule has 1 saturated heterocycles. The second-order valence-electron chi connectivity index (χ2n) is 6.57. The normalized spacial score (nSPS) is 16.4. The smallest absolute Gasteiger partial charge is 0.371 e. The van der Waals surface area contributed by atoms with Gasteiger partial charge in [0.25, 0.3) is 5.91 Å². The molecule has 8 nitrogen and oxygen atoms in total. The summed E-state index contributed by atoms with van der Waals surface area (Å²) in [6.45, 7) is 2.19. The second-order valence-corrected chi connectivity index (χ2v) is 6.57. The number of carbonyl (C=O) groups excluding carboxylic acids is 1. The topological polar surface area (TPSA) is 94.0 Å². The van der Waals surface area contributed by atoms with Crippen LogP contribution in [0.4, 0.5) is 18.9 Å². The molecule has 0 aliphatic carbocycles. The number of carbonyl (C=O) groups is 1. The van der Waals surface area contributed by atoms with Crippen LogP contribution in [0.2, 0.25) is 0 Å². The molecule has 3 heterocycles. The number of nitrogens with zero attached hydrogens (tertiary/aromatic N) is 4. The van der Waals surface area contributed by atoms with E-state index in [1.807, 2.05) is 12.1 Å². The molecule has 1 atom stereocenters. The van der Waals surface area contributed by atoms with Crippen molar-refractivity contribution in [3.8, 4) is 5.82 Å². The Labute approximate surface area is 181 Å². The third-order valence-corrected chi connectivity index (χ3v) is 4.49. The summed E-state index contributed by atoms with van der Waals surface area (Å²) in [5, 5.41) is 9.90. The van der Waals surface area contributed by atoms with E-state index in [9.17, 15) is 18.0 Å². The highest BCUT2D eigenvalue weighted by molar-refractivity contribution is 6.03. The van der Waals surface area contributed by atoms with Gasteiger partial charge in [0.2, 0.25) is 0 Å². The summed E-state index contributed by atoms with van der Waals surface area (Å²) in [5.74, 6) is -0.545. The van der Waals surface area contributed by atoms with Crippen molar-refractivity contribution in [3.63, 3.8) is 0 Å². The van der Waals surface area contributed by atoms with E-state index in [0.29, 0.717) is 12.3 Å². The summed E-state index contributed by atoms with van der Waals surface area (Å²) < 4.78 is 45.2. The molecule has 1 unspecified atom stereocenters. The zero-order valence-corrected chi connectivity index (χ0v) is 16.8. The van der Waals surface area contributed by atoms with Crippen LogP contribution >= 0.6 is 12.4 Å². The van der Waals surface area contributed by atoms with Gasteiger partial charge in [0.05, 0.1) is 24.5 Å². The summed E-state index contributed by atoms with van der Waals surface area (Å²) in [6.07, 6.45) is -1.28. The van der Waals surface area contributed by atoms with Crippen LogP contribution in [0.5, 0.6) is 0 Å². The lowest BCUT2D eigenvalue weighted by atomic mass is 10.1. The van der Waals surface area contributed by atoms with Crippen molar-refractivity contribution in [3.05, 3.63) is 65.9 Å². The zero-order valence-electron chi connectivity index (χ0n) is 16.0. The van der Waals surface area contributed by atoms with Gasteiger partial charge in [-0.15, -0.1) is 12.4 Å². The van der Waals surface area contributed by atoms with E-state index in [1.165, 1.54) is 12.4 Å². The van der Waals surface area contributed by atoms with E-state index in [2.05, 4.69) is 25.7 Å². The number of benzene rings is 1. The summed E-state index contributed by atoms with van der Waals surface area (Å²) in [7, 11) is 0. The SMILES string of the molecule is Cl.O=C(Nc1ccc(C2CNCCO2)cc1)c1cnn(-c2cc(C(F)(F)F)ncn2)c1. The number of ether oxygens (including phenoxy) is 1. The number of hydrogen-bond acceptors (Lipinski definition) is 6. The highest BCUT2D eigenvalue weighted by Crippen LogP contribution is 2.28. The third-order valence-electron chi connectivity index (χ3n) is 4.49. The van der Waals surface area contributed by atoms with Crippen molar-refractivity contribution in [2.45, 2.75) is 12.3 Å². The van der Waals surface area contributed by atoms with Gasteiger partial charge in [-0.2, -0.15) is 18.3 Å². The summed E-state index contributed by atoms with van der Waals surface area (Å²) in [5.41, 5.74) is 0.649. The molecule has 1 aliphatic heterocycles. The van der Waals surface area contributed by atoms with Gasteiger partial charge in [-0.25, -0.2) is 14.6 Å². The first-order valence-corrected chi connectivity index (χ1v) is 9.08. The van der Waals surface area contributed by atoms with Crippen molar-refractivity contribution in [1.29, 1.82) is 0 Å². The van der Waals surface area contributed by atoms with Crippen LogP contribution in [0.15, 0.2) is 49.1 Å². The maximum absolute atomic E-state index is 12.8. The molecule has 2 aromatic heterocycles. The monoisotopic (exact) mass is 454 g/mol. The maximum Gasteiger partial charge on any atom is 0.433 e. The van der Waals surface area contributed by atoms with Crippen molar-refractivity contribution >= 4 is 24.0 Å². The van der Waals surface area contributed by atoms with Crippen LogP contribution in [-0.4, -0.2) is 45.4 Å². The van der Waals surface area contributed by atoms with Gasteiger partial charge in [-0.05, 0) is 17.7 Å². The van der Waals surface area contributed by atoms with Gasteiger partial charge in [0.15, 0.2) is 5.82 Å². The van der Waals surface area contributed by atoms with Gasteiger partial charge < -0.3 is 15.4 Å². The fourth-order valence-electron chi connectivity index (χ4n) is 2.96. The number of alkyl halides is 3. The molecule has 12 heteroatoms. The van der Waals surface area contributed by atoms with Crippen molar-refractivity contribution in [2.75, 3.05) is 25.0 Å². The molecule has 3 aromatic rings. The average molecular weight is 455 g/mol. The number of anilines is 1. The molecule has 31 heavy (non-hydrogen) atoms. The molecule has 0 saturated carbocycles. The van der Waals surface area contributed by atoms with Crippen LogP contribution in [0, 0.1) is 0 Å². The van der Waals surface area contributed by atoms with E-state index < -0.39 is 17.8 Å². The first kappa shape index (κ1) is 22.7. The molecule has 0 radical (unpaired) electrons. The molecule has 1 aromatic carbocycles. The van der Waals surface area contributed by atoms with Crippen molar-refractivity contribution in [1.82, 2.24) is 25.1 Å². The Morgan fingerprint density at radius 1 is 1.23 bits per heavy atom. The number of morpholine rings is 1. The Hall–Kier alpha value is -3.02. The number of aromatic nitrogens is 4. The molecular formula is C19H18ClF3N6O2. The Morgan fingerprint density at radius 2 is 2.00 bits per heavy atom. The van der Waals surface area contributed by atoms with Crippen LogP contribution in [0.25, 0.3) is 5.82 Å². The standard InChI is InChI=1S/C19H17F3N6O2.ClH/c20-19(21,22)16-7-17(25-11-24-16)28-10-13(8-26-28)18(29)27-14-3-1-12(2-4-14)15-9-23-5-6-30-15;/h1-4,7-8,10-11,15,23H,5-6,9H2,(H,27,29);1H. The molecule has 0 bridgehead atoms. The molecular weight excluding hydrogens is 437 g/mol. The number of rotatable bonds is 4.